The number of rotatable bonds is 6. The van der Waals surface area contributed by atoms with Gasteiger partial charge in [0.25, 0.3) is 0 Å². The second kappa shape index (κ2) is 6.02. The number of hydrogen-bond acceptors (Lipinski definition) is 5. The van der Waals surface area contributed by atoms with Crippen molar-refractivity contribution in [2.45, 2.75) is 38.5 Å². The summed E-state index contributed by atoms with van der Waals surface area (Å²) in [5.74, 6) is -0.262. The third kappa shape index (κ3) is 3.83. The van der Waals surface area contributed by atoms with Crippen LogP contribution in [0.4, 0.5) is 0 Å². The van der Waals surface area contributed by atoms with Crippen molar-refractivity contribution < 1.29 is 18.9 Å². The van der Waals surface area contributed by atoms with Gasteiger partial charge in [-0.2, -0.15) is 0 Å². The smallest absolute Gasteiger partial charge is 0.337 e. The molecule has 1 aromatic rings. The number of carboxylic acid groups (broad SMARTS) is 1. The van der Waals surface area contributed by atoms with Gasteiger partial charge in [0.05, 0.1) is 5.56 Å². The number of carboxylic acids is 1. The highest BCUT2D eigenvalue weighted by Crippen LogP contribution is 2.39. The Labute approximate surface area is 140 Å². The maximum absolute atomic E-state index is 12.1. The zero-order chi connectivity index (χ0) is 16.8. The molecular weight excluding hydrogens is 334 g/mol. The van der Waals surface area contributed by atoms with E-state index in [-0.39, 0.29) is 24.0 Å². The van der Waals surface area contributed by atoms with E-state index in [4.69, 9.17) is 4.78 Å². The molecule has 0 bridgehead atoms. The molecule has 126 valence electrons. The lowest BCUT2D eigenvalue weighted by Gasteiger charge is -2.22. The molecular formula is C16H21NO4S2. The zero-order valence-corrected chi connectivity index (χ0v) is 14.7. The minimum absolute atomic E-state index is 0.0946. The highest BCUT2D eigenvalue weighted by Gasteiger charge is 2.34. The molecule has 2 N–H and O–H groups in total. The largest absolute Gasteiger partial charge is 0.478 e. The minimum Gasteiger partial charge on any atom is -0.478 e. The van der Waals surface area contributed by atoms with Crippen molar-refractivity contribution in [3.8, 4) is 0 Å². The van der Waals surface area contributed by atoms with Gasteiger partial charge in [-0.15, -0.1) is 11.3 Å². The van der Waals surface area contributed by atoms with Crippen molar-refractivity contribution in [1.82, 2.24) is 0 Å². The molecule has 2 atom stereocenters. The average molecular weight is 355 g/mol. The molecule has 3 rings (SSSR count). The van der Waals surface area contributed by atoms with Gasteiger partial charge in [-0.05, 0) is 43.6 Å². The number of thiophene rings is 1. The highest BCUT2D eigenvalue weighted by molar-refractivity contribution is 7.91. The number of carbonyl (C=O) groups is 2. The predicted octanol–water partition coefficient (Wildman–Crippen LogP) is 2.75. The van der Waals surface area contributed by atoms with E-state index in [0.717, 1.165) is 36.1 Å². The Morgan fingerprint density at radius 3 is 2.61 bits per heavy atom. The van der Waals surface area contributed by atoms with Crippen LogP contribution >= 0.6 is 11.3 Å². The molecule has 7 heteroatoms. The average Bonchev–Trinajstić information content (AvgIpc) is 3.19. The molecule has 0 aliphatic heterocycles. The van der Waals surface area contributed by atoms with Crippen molar-refractivity contribution in [2.24, 2.45) is 11.8 Å². The van der Waals surface area contributed by atoms with Crippen LogP contribution in [0, 0.1) is 16.6 Å². The topological polar surface area (TPSA) is 95.3 Å². The number of aryl methyl sites for hydroxylation is 1. The molecule has 1 heterocycles. The van der Waals surface area contributed by atoms with Crippen molar-refractivity contribution in [2.75, 3.05) is 12.0 Å². The lowest BCUT2D eigenvalue weighted by atomic mass is 9.87. The van der Waals surface area contributed by atoms with Crippen LogP contribution in [-0.2, 0) is 33.8 Å². The molecule has 2 unspecified atom stereocenters. The zero-order valence-electron chi connectivity index (χ0n) is 13.1. The number of nitrogens with one attached hydrogen (secondary N) is 1. The summed E-state index contributed by atoms with van der Waals surface area (Å²) < 4.78 is 19.3. The molecule has 0 radical (unpaired) electrons. The van der Waals surface area contributed by atoms with E-state index < -0.39 is 15.7 Å². The monoisotopic (exact) mass is 355 g/mol. The van der Waals surface area contributed by atoms with Crippen LogP contribution < -0.4 is 0 Å². The first kappa shape index (κ1) is 16.6. The maximum atomic E-state index is 12.1. The van der Waals surface area contributed by atoms with Gasteiger partial charge in [0.2, 0.25) is 0 Å². The summed E-state index contributed by atoms with van der Waals surface area (Å²) in [5.41, 5.74) is 1.12. The fourth-order valence-corrected chi connectivity index (χ4v) is 5.92. The summed E-state index contributed by atoms with van der Waals surface area (Å²) in [6.07, 6.45) is 5.70. The summed E-state index contributed by atoms with van der Waals surface area (Å²) in [7, 11) is -2.57. The Balaban J connectivity index is 1.87. The number of aromatic carboxylic acids is 1. The summed E-state index contributed by atoms with van der Waals surface area (Å²) in [4.78, 5) is 25.5. The van der Waals surface area contributed by atoms with Crippen LogP contribution in [0.1, 0.15) is 44.9 Å². The van der Waals surface area contributed by atoms with Crippen molar-refractivity contribution in [3.05, 3.63) is 20.9 Å². The number of fused-ring (bicyclic) bond motifs is 1. The van der Waals surface area contributed by atoms with Crippen LogP contribution in [0.25, 0.3) is 0 Å². The van der Waals surface area contributed by atoms with Gasteiger partial charge in [-0.25, -0.2) is 4.79 Å². The van der Waals surface area contributed by atoms with Gasteiger partial charge in [-0.1, -0.05) is 0 Å². The van der Waals surface area contributed by atoms with Crippen LogP contribution in [0.15, 0.2) is 0 Å². The van der Waals surface area contributed by atoms with E-state index in [2.05, 4.69) is 0 Å². The van der Waals surface area contributed by atoms with Gasteiger partial charge < -0.3 is 5.11 Å². The van der Waals surface area contributed by atoms with Crippen molar-refractivity contribution >= 4 is 32.8 Å². The Bertz CT molecular complexity index is 759. The Morgan fingerprint density at radius 1 is 1.35 bits per heavy atom. The Hall–Kier alpha value is -1.21. The lowest BCUT2D eigenvalue weighted by molar-refractivity contribution is -0.119. The van der Waals surface area contributed by atoms with Gasteiger partial charge in [0, 0.05) is 43.8 Å². The molecule has 0 aromatic carbocycles. The van der Waals surface area contributed by atoms with Crippen molar-refractivity contribution in [3.63, 3.8) is 0 Å². The van der Waals surface area contributed by atoms with Crippen molar-refractivity contribution in [1.29, 1.82) is 4.78 Å². The number of carbonyl (C=O) groups excluding carboxylic acids is 1. The second-order valence-electron chi connectivity index (χ2n) is 6.80. The number of ketones is 1. The molecule has 2 aliphatic carbocycles. The van der Waals surface area contributed by atoms with E-state index in [9.17, 15) is 18.9 Å². The van der Waals surface area contributed by atoms with E-state index in [0.29, 0.717) is 22.6 Å². The predicted molar refractivity (Wildman–Crippen MR) is 89.9 cm³/mol. The molecule has 1 saturated carbocycles. The molecule has 23 heavy (non-hydrogen) atoms. The first-order chi connectivity index (χ1) is 10.7. The van der Waals surface area contributed by atoms with Gasteiger partial charge in [0.15, 0.2) is 0 Å². The fraction of sp³-hybridized carbons (Fsp3) is 0.625. The fourth-order valence-electron chi connectivity index (χ4n) is 3.39. The summed E-state index contributed by atoms with van der Waals surface area (Å²) in [5, 5.41) is 9.60. The van der Waals surface area contributed by atoms with E-state index in [1.165, 1.54) is 17.6 Å². The SMILES string of the molecule is CS(=N)(=O)CC1CCc2sc(CC(=O)C3CC3)c(C(=O)O)c2C1. The lowest BCUT2D eigenvalue weighted by Crippen LogP contribution is -2.22. The van der Waals surface area contributed by atoms with E-state index in [1.807, 2.05) is 0 Å². The second-order valence-corrected chi connectivity index (χ2v) is 10.3. The third-order valence-electron chi connectivity index (χ3n) is 4.57. The van der Waals surface area contributed by atoms with E-state index in [1.54, 1.807) is 0 Å². The Morgan fingerprint density at radius 2 is 2.04 bits per heavy atom. The quantitative estimate of drug-likeness (QED) is 0.820. The molecule has 1 aromatic heterocycles. The molecule has 0 amide bonds. The summed E-state index contributed by atoms with van der Waals surface area (Å²) in [6.45, 7) is 0. The molecule has 5 nitrogen and oxygen atoms in total. The summed E-state index contributed by atoms with van der Waals surface area (Å²) in [6, 6.07) is 0. The minimum atomic E-state index is -2.57. The molecule has 1 fully saturated rings. The van der Waals surface area contributed by atoms with Crippen LogP contribution in [0.2, 0.25) is 0 Å². The first-order valence-electron chi connectivity index (χ1n) is 7.85. The number of Topliss-reactive ketones (excluding diaryl/α,β-unsaturated/α-hetero) is 1. The molecule has 0 spiro atoms. The normalized spacial score (nSPS) is 23.1. The molecule has 0 saturated heterocycles. The maximum Gasteiger partial charge on any atom is 0.337 e. The standard InChI is InChI=1S/C16H21NO4S2/c1-23(17,21)8-9-2-5-13-11(6-9)15(16(19)20)14(22-13)7-12(18)10-3-4-10/h9-10,17H,2-8H2,1H3,(H,19,20). The van der Waals surface area contributed by atoms with Gasteiger partial charge >= 0.3 is 5.97 Å². The summed E-state index contributed by atoms with van der Waals surface area (Å²) >= 11 is 1.46. The third-order valence-corrected chi connectivity index (χ3v) is 6.97. The Kier molecular flexibility index (Phi) is 4.35. The van der Waals surface area contributed by atoms with E-state index >= 15 is 0 Å². The molecule has 2 aliphatic rings. The van der Waals surface area contributed by atoms with Gasteiger partial charge in [-0.3, -0.25) is 13.8 Å². The van der Waals surface area contributed by atoms with Crippen LogP contribution in [0.3, 0.4) is 0 Å². The van der Waals surface area contributed by atoms with Gasteiger partial charge in [0.1, 0.15) is 5.78 Å². The number of hydrogen-bond donors (Lipinski definition) is 2. The highest BCUT2D eigenvalue weighted by atomic mass is 32.2. The van der Waals surface area contributed by atoms with Crippen LogP contribution in [-0.4, -0.2) is 33.1 Å². The van der Waals surface area contributed by atoms with Crippen LogP contribution in [0.5, 0.6) is 0 Å². The first-order valence-corrected chi connectivity index (χ1v) is 10.8.